The predicted octanol–water partition coefficient (Wildman–Crippen LogP) is -0.571. The van der Waals surface area contributed by atoms with Gasteiger partial charge in [-0.1, -0.05) is 6.92 Å². The third kappa shape index (κ3) is 5.13. The van der Waals surface area contributed by atoms with Crippen molar-refractivity contribution < 1.29 is 26.3 Å². The van der Waals surface area contributed by atoms with E-state index < -0.39 is 48.2 Å². The maximum absolute atomic E-state index is 14.3. The Kier molecular flexibility index (Phi) is 7.26. The minimum atomic E-state index is -4.62. The number of alkyl halides is 1. The molecule has 12 nitrogen and oxygen atoms in total. The van der Waals surface area contributed by atoms with Gasteiger partial charge in [0.2, 0.25) is 20.0 Å². The van der Waals surface area contributed by atoms with Gasteiger partial charge in [0, 0.05) is 24.8 Å². The highest BCUT2D eigenvalue weighted by Crippen LogP contribution is 2.35. The quantitative estimate of drug-likeness (QED) is 0.374. The number of primary sulfonamides is 1. The fourth-order valence-electron chi connectivity index (χ4n) is 3.45. The van der Waals surface area contributed by atoms with E-state index in [2.05, 4.69) is 19.9 Å². The van der Waals surface area contributed by atoms with E-state index in [4.69, 9.17) is 10.9 Å². The predicted molar refractivity (Wildman–Crippen MR) is 115 cm³/mol. The molecule has 1 fully saturated rings. The Labute approximate surface area is 185 Å². The molecule has 0 radical (unpaired) electrons. The number of rotatable bonds is 8. The summed E-state index contributed by atoms with van der Waals surface area (Å²) in [7, 11) is -9.03. The molecule has 1 aromatic carbocycles. The van der Waals surface area contributed by atoms with Crippen LogP contribution in [0.5, 0.6) is 0 Å². The lowest BCUT2D eigenvalue weighted by atomic mass is 10.0. The van der Waals surface area contributed by atoms with Crippen molar-refractivity contribution in [3.63, 3.8) is 0 Å². The molecule has 2 aliphatic heterocycles. The largest absolute Gasteiger partial charge is 0.392 e. The second-order valence-electron chi connectivity index (χ2n) is 7.53. The summed E-state index contributed by atoms with van der Waals surface area (Å²) in [6, 6.07) is 1.77. The maximum atomic E-state index is 14.3. The van der Waals surface area contributed by atoms with Crippen LogP contribution in [0.15, 0.2) is 37.1 Å². The van der Waals surface area contributed by atoms with Gasteiger partial charge in [0.15, 0.2) is 12.5 Å². The number of benzene rings is 1. The third-order valence-electron chi connectivity index (χ3n) is 5.26. The molecule has 3 atom stereocenters. The molecule has 1 aromatic rings. The first-order valence-electron chi connectivity index (χ1n) is 9.90. The van der Waals surface area contributed by atoms with Gasteiger partial charge in [-0.05, 0) is 25.0 Å². The Morgan fingerprint density at radius 3 is 2.62 bits per heavy atom. The fourth-order valence-corrected chi connectivity index (χ4v) is 6.12. The zero-order valence-corrected chi connectivity index (χ0v) is 19.0. The SMILES string of the molecule is CCC(O)CNS(=O)(=O)c1ccc(N2CCC(N)C(F)C2)c(C2=NCN=N2)c1S(N)(=O)=O. The van der Waals surface area contributed by atoms with Gasteiger partial charge in [-0.3, -0.25) is 0 Å². The number of aliphatic hydroxyl groups is 1. The highest BCUT2D eigenvalue weighted by Gasteiger charge is 2.35. The number of nitrogens with two attached hydrogens (primary N) is 2. The first kappa shape index (κ1) is 24.6. The van der Waals surface area contributed by atoms with Gasteiger partial charge in [-0.15, -0.1) is 5.11 Å². The molecule has 3 unspecified atom stereocenters. The molecule has 1 saturated heterocycles. The van der Waals surface area contributed by atoms with Gasteiger partial charge in [-0.2, -0.15) is 5.11 Å². The number of piperidine rings is 1. The van der Waals surface area contributed by atoms with Crippen LogP contribution in [0.25, 0.3) is 0 Å². The lowest BCUT2D eigenvalue weighted by Gasteiger charge is -2.36. The zero-order valence-electron chi connectivity index (χ0n) is 17.3. The van der Waals surface area contributed by atoms with E-state index in [1.54, 1.807) is 11.8 Å². The standard InChI is InChI=1S/C17H26FN7O5S2/c1-2-10(26)7-23-32(29,30)14-4-3-13(25-6-5-12(19)11(18)8-25)15(16(14)31(20,27)28)17-21-9-22-24-17/h3-4,10-12,23,26H,2,5-9,19H2,1H3,(H2,20,27,28). The van der Waals surface area contributed by atoms with E-state index in [9.17, 15) is 26.3 Å². The monoisotopic (exact) mass is 491 g/mol. The maximum Gasteiger partial charge on any atom is 0.242 e. The minimum Gasteiger partial charge on any atom is -0.392 e. The molecule has 0 aromatic heterocycles. The lowest BCUT2D eigenvalue weighted by Crippen LogP contribution is -2.49. The molecule has 0 aliphatic carbocycles. The van der Waals surface area contributed by atoms with Crippen molar-refractivity contribution >= 4 is 31.6 Å². The number of halogens is 1. The number of aliphatic imine (C=N–C) groups is 1. The molecule has 3 rings (SSSR count). The lowest BCUT2D eigenvalue weighted by molar-refractivity contribution is 0.174. The van der Waals surface area contributed by atoms with E-state index in [1.807, 2.05) is 0 Å². The second-order valence-corrected chi connectivity index (χ2v) is 10.8. The molecule has 0 amide bonds. The summed E-state index contributed by atoms with van der Waals surface area (Å²) in [6.45, 7) is 1.43. The summed E-state index contributed by atoms with van der Waals surface area (Å²) >= 11 is 0. The van der Waals surface area contributed by atoms with Crippen LogP contribution in [0.4, 0.5) is 10.1 Å². The van der Waals surface area contributed by atoms with Gasteiger partial charge < -0.3 is 15.7 Å². The first-order chi connectivity index (χ1) is 15.0. The average molecular weight is 492 g/mol. The van der Waals surface area contributed by atoms with Crippen LogP contribution in [0.1, 0.15) is 25.3 Å². The van der Waals surface area contributed by atoms with E-state index in [0.717, 1.165) is 6.07 Å². The van der Waals surface area contributed by atoms with Crippen LogP contribution >= 0.6 is 0 Å². The number of hydrogen-bond donors (Lipinski definition) is 4. The van der Waals surface area contributed by atoms with Crippen molar-refractivity contribution in [1.29, 1.82) is 0 Å². The third-order valence-corrected chi connectivity index (χ3v) is 7.85. The number of hydrogen-bond acceptors (Lipinski definition) is 10. The molecule has 2 aliphatic rings. The van der Waals surface area contributed by atoms with E-state index in [0.29, 0.717) is 13.0 Å². The highest BCUT2D eigenvalue weighted by molar-refractivity contribution is 7.92. The molecular weight excluding hydrogens is 465 g/mol. The average Bonchev–Trinajstić information content (AvgIpc) is 3.27. The van der Waals surface area contributed by atoms with Gasteiger partial charge in [0.05, 0.1) is 18.2 Å². The van der Waals surface area contributed by atoms with Gasteiger partial charge >= 0.3 is 0 Å². The number of anilines is 1. The molecule has 6 N–H and O–H groups in total. The Morgan fingerprint density at radius 1 is 1.34 bits per heavy atom. The summed E-state index contributed by atoms with van der Waals surface area (Å²) in [5.74, 6) is -0.125. The number of aliphatic hydroxyl groups excluding tert-OH is 1. The van der Waals surface area contributed by atoms with Crippen molar-refractivity contribution in [2.75, 3.05) is 31.2 Å². The van der Waals surface area contributed by atoms with Crippen LogP contribution in [0.3, 0.4) is 0 Å². The van der Waals surface area contributed by atoms with Gasteiger partial charge in [0.1, 0.15) is 16.0 Å². The molecular formula is C17H26FN7O5S2. The molecule has 32 heavy (non-hydrogen) atoms. The number of nitrogens with zero attached hydrogens (tertiary/aromatic N) is 4. The molecule has 0 spiro atoms. The fraction of sp³-hybridized carbons (Fsp3) is 0.588. The molecule has 15 heteroatoms. The van der Waals surface area contributed by atoms with Crippen molar-refractivity contribution in [3.05, 3.63) is 17.7 Å². The minimum absolute atomic E-state index is 0.0760. The van der Waals surface area contributed by atoms with Crippen molar-refractivity contribution in [2.24, 2.45) is 26.1 Å². The molecule has 0 bridgehead atoms. The number of amidine groups is 1. The van der Waals surface area contributed by atoms with E-state index in [1.165, 1.54) is 6.07 Å². The van der Waals surface area contributed by atoms with E-state index >= 15 is 0 Å². The van der Waals surface area contributed by atoms with Gasteiger partial charge in [0.25, 0.3) is 0 Å². The summed E-state index contributed by atoms with van der Waals surface area (Å²) in [4.78, 5) is 4.25. The van der Waals surface area contributed by atoms with Crippen LogP contribution in [-0.2, 0) is 20.0 Å². The number of azo groups is 1. The number of sulfonamides is 2. The van der Waals surface area contributed by atoms with Gasteiger partial charge in [-0.25, -0.2) is 36.1 Å². The Bertz CT molecular complexity index is 1140. The summed E-state index contributed by atoms with van der Waals surface area (Å²) in [5, 5.41) is 22.7. The zero-order chi connectivity index (χ0) is 23.7. The second kappa shape index (κ2) is 9.44. The van der Waals surface area contributed by atoms with Crippen LogP contribution in [0.2, 0.25) is 0 Å². The molecule has 2 heterocycles. The summed E-state index contributed by atoms with van der Waals surface area (Å²) in [6.07, 6.45) is -1.75. The first-order valence-corrected chi connectivity index (χ1v) is 12.9. The normalized spacial score (nSPS) is 22.8. The summed E-state index contributed by atoms with van der Waals surface area (Å²) < 4.78 is 67.6. The Morgan fingerprint density at radius 2 is 2.06 bits per heavy atom. The molecule has 0 saturated carbocycles. The van der Waals surface area contributed by atoms with Crippen molar-refractivity contribution in [3.8, 4) is 0 Å². The van der Waals surface area contributed by atoms with E-state index in [-0.39, 0.29) is 43.3 Å². The highest BCUT2D eigenvalue weighted by atomic mass is 32.2. The van der Waals surface area contributed by atoms with Crippen LogP contribution in [0, 0.1) is 0 Å². The Hall–Kier alpha value is -2.04. The summed E-state index contributed by atoms with van der Waals surface area (Å²) in [5.41, 5.74) is 5.78. The Balaban J connectivity index is 2.21. The van der Waals surface area contributed by atoms with Crippen molar-refractivity contribution in [2.45, 2.75) is 47.9 Å². The number of nitrogens with one attached hydrogen (secondary N) is 1. The van der Waals surface area contributed by atoms with Crippen molar-refractivity contribution in [1.82, 2.24) is 4.72 Å². The van der Waals surface area contributed by atoms with Crippen LogP contribution in [-0.4, -0.2) is 72.4 Å². The smallest absolute Gasteiger partial charge is 0.242 e. The molecule has 178 valence electrons. The topological polar surface area (TPSA) is 193 Å². The van der Waals surface area contributed by atoms with Crippen LogP contribution < -0.4 is 20.5 Å².